The van der Waals surface area contributed by atoms with Crippen LogP contribution in [0, 0.1) is 0 Å². The Kier molecular flexibility index (Phi) is 9.35. The molecule has 9 aromatic rings. The van der Waals surface area contributed by atoms with Crippen LogP contribution in [0.15, 0.2) is 211 Å². The Morgan fingerprint density at radius 1 is 0.328 bits per heavy atom. The molecular formula is C52H38N6. The van der Waals surface area contributed by atoms with Gasteiger partial charge in [0.15, 0.2) is 17.5 Å². The number of fused-ring (bicyclic) bond motifs is 1. The molecule has 0 spiro atoms. The molecule has 0 saturated heterocycles. The molecule has 1 aromatic heterocycles. The maximum atomic E-state index is 5.12. The van der Waals surface area contributed by atoms with Crippen LogP contribution < -0.4 is 10.6 Å². The third kappa shape index (κ3) is 7.28. The van der Waals surface area contributed by atoms with E-state index in [0.29, 0.717) is 17.5 Å². The van der Waals surface area contributed by atoms with Crippen molar-refractivity contribution in [3.63, 3.8) is 0 Å². The van der Waals surface area contributed by atoms with Crippen LogP contribution in [0.4, 0.5) is 0 Å². The Bertz CT molecular complexity index is 2800. The van der Waals surface area contributed by atoms with Gasteiger partial charge in [-0.05, 0) is 56.3 Å². The van der Waals surface area contributed by atoms with Crippen LogP contribution in [-0.2, 0) is 0 Å². The Labute approximate surface area is 337 Å². The smallest absolute Gasteiger partial charge is 0.164 e. The minimum Gasteiger partial charge on any atom is -0.350 e. The average Bonchev–Trinajstić information content (AvgIpc) is 3.32. The van der Waals surface area contributed by atoms with Crippen molar-refractivity contribution in [1.29, 1.82) is 0 Å². The van der Waals surface area contributed by atoms with Gasteiger partial charge in [-0.2, -0.15) is 0 Å². The predicted molar refractivity (Wildman–Crippen MR) is 236 cm³/mol. The molecule has 10 rings (SSSR count). The SMILES string of the molecule is c1ccc(-c2nc(-c3ccccc3)nc(-c3ccc(-c4ccc5ccc(-c6ccc(C7=NC(c8ccccc8)NC(c8ccccc8)N7)cc6)cc5c4)cc3)n2)cc1. The zero-order valence-electron chi connectivity index (χ0n) is 31.6. The fourth-order valence-corrected chi connectivity index (χ4v) is 7.50. The van der Waals surface area contributed by atoms with Crippen molar-refractivity contribution in [3.8, 4) is 56.4 Å². The molecule has 6 nitrogen and oxygen atoms in total. The number of nitrogens with one attached hydrogen (secondary N) is 2. The number of rotatable bonds is 8. The van der Waals surface area contributed by atoms with Gasteiger partial charge in [-0.25, -0.2) is 19.9 Å². The quantitative estimate of drug-likeness (QED) is 0.162. The lowest BCUT2D eigenvalue weighted by atomic mass is 9.96. The van der Waals surface area contributed by atoms with Crippen LogP contribution in [0.1, 0.15) is 29.0 Å². The van der Waals surface area contributed by atoms with Gasteiger partial charge in [0.1, 0.15) is 18.2 Å². The summed E-state index contributed by atoms with van der Waals surface area (Å²) < 4.78 is 0. The maximum Gasteiger partial charge on any atom is 0.164 e. The summed E-state index contributed by atoms with van der Waals surface area (Å²) in [6.45, 7) is 0. The Balaban J connectivity index is 0.920. The molecule has 276 valence electrons. The van der Waals surface area contributed by atoms with Crippen LogP contribution in [0.3, 0.4) is 0 Å². The van der Waals surface area contributed by atoms with Gasteiger partial charge in [0, 0.05) is 22.3 Å². The lowest BCUT2D eigenvalue weighted by molar-refractivity contribution is 0.409. The first-order chi connectivity index (χ1) is 28.7. The van der Waals surface area contributed by atoms with E-state index in [-0.39, 0.29) is 12.3 Å². The monoisotopic (exact) mass is 746 g/mol. The van der Waals surface area contributed by atoms with Crippen LogP contribution in [0.2, 0.25) is 0 Å². The first-order valence-corrected chi connectivity index (χ1v) is 19.5. The highest BCUT2D eigenvalue weighted by molar-refractivity contribution is 6.00. The lowest BCUT2D eigenvalue weighted by Gasteiger charge is -2.32. The Hall–Kier alpha value is -7.54. The van der Waals surface area contributed by atoms with E-state index in [0.717, 1.165) is 61.5 Å². The molecular weight excluding hydrogens is 709 g/mol. The molecule has 0 bridgehead atoms. The van der Waals surface area contributed by atoms with Gasteiger partial charge in [0.05, 0.1) is 0 Å². The van der Waals surface area contributed by atoms with Crippen LogP contribution >= 0.6 is 0 Å². The zero-order valence-corrected chi connectivity index (χ0v) is 31.6. The first kappa shape index (κ1) is 34.9. The number of aliphatic imine (C=N–C) groups is 1. The second-order valence-electron chi connectivity index (χ2n) is 14.4. The van der Waals surface area contributed by atoms with E-state index >= 15 is 0 Å². The molecule has 0 radical (unpaired) electrons. The predicted octanol–water partition coefficient (Wildman–Crippen LogP) is 11.7. The summed E-state index contributed by atoms with van der Waals surface area (Å²) in [6, 6.07) is 71.5. The standard InChI is InChI=1S/C52H38N6/c1-5-13-38(14-6-1)47-53-48(39-15-7-2-8-16-39)56-51(55-47)42-27-21-35(22-28-42)44-31-25-37-26-32-45(34-46(37)33-44)36-23-29-43(30-24-36)52-57-49(40-17-9-3-10-18-40)54-50(58-52)41-19-11-4-12-20-41/h1-34,47-48,53H,(H,55,56). The van der Waals surface area contributed by atoms with E-state index in [1.54, 1.807) is 0 Å². The number of benzene rings is 8. The third-order valence-corrected chi connectivity index (χ3v) is 10.6. The number of aromatic nitrogens is 3. The van der Waals surface area contributed by atoms with Crippen molar-refractivity contribution in [3.05, 3.63) is 223 Å². The van der Waals surface area contributed by atoms with Gasteiger partial charge in [0.25, 0.3) is 0 Å². The molecule has 1 aliphatic rings. The molecule has 8 aromatic carbocycles. The summed E-state index contributed by atoms with van der Waals surface area (Å²) in [6.07, 6.45) is -0.245. The fourth-order valence-electron chi connectivity index (χ4n) is 7.50. The van der Waals surface area contributed by atoms with Gasteiger partial charge >= 0.3 is 0 Å². The average molecular weight is 747 g/mol. The molecule has 2 heterocycles. The normalized spacial score (nSPS) is 15.1. The van der Waals surface area contributed by atoms with E-state index in [9.17, 15) is 0 Å². The number of nitrogens with zero attached hydrogens (tertiary/aromatic N) is 4. The van der Waals surface area contributed by atoms with Gasteiger partial charge < -0.3 is 5.32 Å². The van der Waals surface area contributed by atoms with E-state index in [1.165, 1.54) is 10.8 Å². The Morgan fingerprint density at radius 3 is 1.22 bits per heavy atom. The molecule has 0 amide bonds. The van der Waals surface area contributed by atoms with E-state index in [4.69, 9.17) is 19.9 Å². The van der Waals surface area contributed by atoms with Crippen molar-refractivity contribution >= 4 is 16.6 Å². The summed E-state index contributed by atoms with van der Waals surface area (Å²) in [5.74, 6) is 2.81. The molecule has 1 aliphatic heterocycles. The first-order valence-electron chi connectivity index (χ1n) is 19.5. The van der Waals surface area contributed by atoms with Crippen LogP contribution in [-0.4, -0.2) is 20.8 Å². The second-order valence-corrected chi connectivity index (χ2v) is 14.4. The van der Waals surface area contributed by atoms with Crippen molar-refractivity contribution in [2.45, 2.75) is 12.3 Å². The summed E-state index contributed by atoms with van der Waals surface area (Å²) >= 11 is 0. The van der Waals surface area contributed by atoms with E-state index in [1.807, 2.05) is 72.8 Å². The third-order valence-electron chi connectivity index (χ3n) is 10.6. The fraction of sp³-hybridized carbons (Fsp3) is 0.0385. The highest BCUT2D eigenvalue weighted by Crippen LogP contribution is 2.32. The molecule has 0 fully saturated rings. The minimum absolute atomic E-state index is 0.0755. The second kappa shape index (κ2) is 15.5. The zero-order chi connectivity index (χ0) is 38.7. The van der Waals surface area contributed by atoms with Gasteiger partial charge in [-0.1, -0.05) is 194 Å². The topological polar surface area (TPSA) is 75.1 Å². The highest BCUT2D eigenvalue weighted by Gasteiger charge is 2.25. The van der Waals surface area contributed by atoms with Crippen molar-refractivity contribution < 1.29 is 0 Å². The molecule has 2 unspecified atom stereocenters. The molecule has 0 saturated carbocycles. The number of hydrogen-bond acceptors (Lipinski definition) is 6. The summed E-state index contributed by atoms with van der Waals surface area (Å²) in [4.78, 5) is 19.8. The van der Waals surface area contributed by atoms with E-state index in [2.05, 4.69) is 144 Å². The van der Waals surface area contributed by atoms with Crippen molar-refractivity contribution in [2.24, 2.45) is 4.99 Å². The van der Waals surface area contributed by atoms with Crippen LogP contribution in [0.25, 0.3) is 67.2 Å². The maximum absolute atomic E-state index is 5.12. The van der Waals surface area contributed by atoms with Gasteiger partial charge in [0.2, 0.25) is 0 Å². The number of amidine groups is 1. The summed E-state index contributed by atoms with van der Waals surface area (Å²) in [5, 5.41) is 9.70. The van der Waals surface area contributed by atoms with Gasteiger partial charge in [-0.3, -0.25) is 5.32 Å². The largest absolute Gasteiger partial charge is 0.350 e. The molecule has 2 atom stereocenters. The van der Waals surface area contributed by atoms with Crippen molar-refractivity contribution in [2.75, 3.05) is 0 Å². The van der Waals surface area contributed by atoms with Crippen LogP contribution in [0.5, 0.6) is 0 Å². The summed E-state index contributed by atoms with van der Waals surface area (Å²) in [5.41, 5.74) is 10.8. The molecule has 2 N–H and O–H groups in total. The lowest BCUT2D eigenvalue weighted by Crippen LogP contribution is -2.44. The minimum atomic E-state index is -0.169. The highest BCUT2D eigenvalue weighted by atomic mass is 15.3. The number of hydrogen-bond donors (Lipinski definition) is 2. The van der Waals surface area contributed by atoms with E-state index < -0.39 is 0 Å². The molecule has 0 aliphatic carbocycles. The Morgan fingerprint density at radius 2 is 0.724 bits per heavy atom. The summed E-state index contributed by atoms with van der Waals surface area (Å²) in [7, 11) is 0. The molecule has 58 heavy (non-hydrogen) atoms. The molecule has 6 heteroatoms. The van der Waals surface area contributed by atoms with Crippen molar-refractivity contribution in [1.82, 2.24) is 25.6 Å². The van der Waals surface area contributed by atoms with Gasteiger partial charge in [-0.15, -0.1) is 0 Å².